The van der Waals surface area contributed by atoms with E-state index in [4.69, 9.17) is 0 Å². The van der Waals surface area contributed by atoms with Crippen LogP contribution in [0.5, 0.6) is 0 Å². The first kappa shape index (κ1) is 14.0. The van der Waals surface area contributed by atoms with Crippen LogP contribution in [0.3, 0.4) is 0 Å². The molecule has 3 rings (SSSR count). The van der Waals surface area contributed by atoms with Crippen LogP contribution in [0.4, 0.5) is 5.13 Å². The molecule has 4 nitrogen and oxygen atoms in total. The summed E-state index contributed by atoms with van der Waals surface area (Å²) in [5, 5.41) is 7.27. The zero-order valence-corrected chi connectivity index (χ0v) is 13.1. The van der Waals surface area contributed by atoms with Gasteiger partial charge in [-0.15, -0.1) is 11.3 Å². The molecule has 2 heterocycles. The van der Waals surface area contributed by atoms with Crippen molar-refractivity contribution < 1.29 is 4.79 Å². The first-order valence-corrected chi connectivity index (χ1v) is 8.46. The predicted molar refractivity (Wildman–Crippen MR) is 82.1 cm³/mol. The highest BCUT2D eigenvalue weighted by Crippen LogP contribution is 2.32. The number of piperidine rings is 1. The van der Waals surface area contributed by atoms with Crippen molar-refractivity contribution in [3.63, 3.8) is 0 Å². The number of aryl methyl sites for hydroxylation is 2. The van der Waals surface area contributed by atoms with Gasteiger partial charge >= 0.3 is 0 Å². The number of anilines is 1. The van der Waals surface area contributed by atoms with E-state index in [1.54, 1.807) is 11.3 Å². The average molecular weight is 293 g/mol. The Labute approximate surface area is 124 Å². The van der Waals surface area contributed by atoms with Crippen LogP contribution in [0, 0.1) is 19.8 Å². The molecule has 1 aliphatic heterocycles. The van der Waals surface area contributed by atoms with Crippen molar-refractivity contribution in [2.75, 3.05) is 5.32 Å². The number of hydrogen-bond donors (Lipinski definition) is 2. The number of fused-ring (bicyclic) bond motifs is 1. The molecule has 1 amide bonds. The Morgan fingerprint density at radius 3 is 2.80 bits per heavy atom. The summed E-state index contributed by atoms with van der Waals surface area (Å²) in [5.41, 5.74) is 1.01. The number of carbonyl (C=O) groups is 1. The Morgan fingerprint density at radius 1 is 1.25 bits per heavy atom. The Bertz CT molecular complexity index is 480. The Kier molecular flexibility index (Phi) is 4.08. The molecule has 2 fully saturated rings. The molecule has 3 atom stereocenters. The van der Waals surface area contributed by atoms with Gasteiger partial charge < -0.3 is 10.6 Å². The highest BCUT2D eigenvalue weighted by molar-refractivity contribution is 7.15. The number of carbonyl (C=O) groups excluding carboxylic acids is 1. The van der Waals surface area contributed by atoms with E-state index in [1.807, 2.05) is 13.8 Å². The molecule has 0 aromatic carbocycles. The van der Waals surface area contributed by atoms with Gasteiger partial charge in [-0.3, -0.25) is 4.79 Å². The maximum absolute atomic E-state index is 12.4. The Morgan fingerprint density at radius 2 is 2.05 bits per heavy atom. The third kappa shape index (κ3) is 2.88. The average Bonchev–Trinajstić information content (AvgIpc) is 2.76. The third-order valence-electron chi connectivity index (χ3n) is 4.73. The SMILES string of the molecule is Cc1nc(NC(=O)C2CCC3CCCCC3N2)sc1C. The molecule has 0 spiro atoms. The molecule has 1 saturated carbocycles. The van der Waals surface area contributed by atoms with Crippen LogP contribution in [0.15, 0.2) is 0 Å². The molecule has 2 N–H and O–H groups in total. The molecule has 1 aromatic rings. The largest absolute Gasteiger partial charge is 0.303 e. The molecule has 3 unspecified atom stereocenters. The van der Waals surface area contributed by atoms with E-state index >= 15 is 0 Å². The van der Waals surface area contributed by atoms with Crippen LogP contribution >= 0.6 is 11.3 Å². The van der Waals surface area contributed by atoms with Crippen molar-refractivity contribution in [1.82, 2.24) is 10.3 Å². The summed E-state index contributed by atoms with van der Waals surface area (Å²) in [6.07, 6.45) is 7.35. The fourth-order valence-corrected chi connectivity index (χ4v) is 4.24. The second-order valence-corrected chi connectivity index (χ2v) is 7.30. The van der Waals surface area contributed by atoms with Gasteiger partial charge in [0.05, 0.1) is 11.7 Å². The fraction of sp³-hybridized carbons (Fsp3) is 0.733. The molecule has 5 heteroatoms. The standard InChI is InChI=1S/C15H23N3OS/c1-9-10(2)20-15(16-9)18-14(19)13-8-7-11-5-3-4-6-12(11)17-13/h11-13,17H,3-8H2,1-2H3,(H,16,18,19). The lowest BCUT2D eigenvalue weighted by Gasteiger charge is -2.39. The minimum Gasteiger partial charge on any atom is -0.303 e. The monoisotopic (exact) mass is 293 g/mol. The maximum atomic E-state index is 12.4. The van der Waals surface area contributed by atoms with Crippen molar-refractivity contribution in [1.29, 1.82) is 0 Å². The summed E-state index contributed by atoms with van der Waals surface area (Å²) < 4.78 is 0. The molecule has 1 aliphatic carbocycles. The summed E-state index contributed by atoms with van der Waals surface area (Å²) in [6.45, 7) is 4.01. The van der Waals surface area contributed by atoms with Gasteiger partial charge in [0.15, 0.2) is 5.13 Å². The number of nitrogens with one attached hydrogen (secondary N) is 2. The van der Waals surface area contributed by atoms with Gasteiger partial charge in [-0.05, 0) is 45.4 Å². The normalized spacial score (nSPS) is 29.8. The van der Waals surface area contributed by atoms with Gasteiger partial charge in [0.1, 0.15) is 0 Å². The second kappa shape index (κ2) is 5.82. The van der Waals surface area contributed by atoms with Crippen LogP contribution in [0.2, 0.25) is 0 Å². The van der Waals surface area contributed by atoms with Crippen molar-refractivity contribution in [3.8, 4) is 0 Å². The molecule has 1 saturated heterocycles. The van der Waals surface area contributed by atoms with Gasteiger partial charge in [0.25, 0.3) is 0 Å². The van der Waals surface area contributed by atoms with E-state index < -0.39 is 0 Å². The van der Waals surface area contributed by atoms with Gasteiger partial charge in [-0.1, -0.05) is 12.8 Å². The van der Waals surface area contributed by atoms with Crippen LogP contribution in [0.1, 0.15) is 49.1 Å². The number of amides is 1. The van der Waals surface area contributed by atoms with Gasteiger partial charge in [0, 0.05) is 10.9 Å². The topological polar surface area (TPSA) is 54.0 Å². The first-order valence-electron chi connectivity index (χ1n) is 7.64. The lowest BCUT2D eigenvalue weighted by Crippen LogP contribution is -2.53. The van der Waals surface area contributed by atoms with Crippen molar-refractivity contribution >= 4 is 22.4 Å². The lowest BCUT2D eigenvalue weighted by atomic mass is 9.77. The summed E-state index contributed by atoms with van der Waals surface area (Å²) in [5.74, 6) is 0.875. The molecule has 1 aromatic heterocycles. The molecule has 0 radical (unpaired) electrons. The van der Waals surface area contributed by atoms with Crippen molar-refractivity contribution in [2.24, 2.45) is 5.92 Å². The van der Waals surface area contributed by atoms with Crippen molar-refractivity contribution in [3.05, 3.63) is 10.6 Å². The van der Waals surface area contributed by atoms with E-state index in [0.29, 0.717) is 6.04 Å². The maximum Gasteiger partial charge on any atom is 0.243 e. The molecule has 2 aliphatic rings. The number of nitrogens with zero attached hydrogens (tertiary/aromatic N) is 1. The minimum absolute atomic E-state index is 0.0427. The highest BCUT2D eigenvalue weighted by Gasteiger charge is 2.34. The summed E-state index contributed by atoms with van der Waals surface area (Å²) in [6, 6.07) is 0.506. The number of hydrogen-bond acceptors (Lipinski definition) is 4. The third-order valence-corrected chi connectivity index (χ3v) is 5.71. The Balaban J connectivity index is 1.60. The van der Waals surface area contributed by atoms with E-state index in [1.165, 1.54) is 37.0 Å². The number of thiazole rings is 1. The van der Waals surface area contributed by atoms with Crippen molar-refractivity contribution in [2.45, 2.75) is 64.5 Å². The number of aromatic nitrogens is 1. The summed E-state index contributed by atoms with van der Waals surface area (Å²) in [7, 11) is 0. The minimum atomic E-state index is -0.0427. The fourth-order valence-electron chi connectivity index (χ4n) is 3.42. The highest BCUT2D eigenvalue weighted by atomic mass is 32.1. The zero-order chi connectivity index (χ0) is 14.1. The smallest absolute Gasteiger partial charge is 0.243 e. The molecular formula is C15H23N3OS. The lowest BCUT2D eigenvalue weighted by molar-refractivity contribution is -0.119. The Hall–Kier alpha value is -0.940. The predicted octanol–water partition coefficient (Wildman–Crippen LogP) is 3.01. The zero-order valence-electron chi connectivity index (χ0n) is 12.2. The van der Waals surface area contributed by atoms with Gasteiger partial charge in [-0.25, -0.2) is 4.98 Å². The van der Waals surface area contributed by atoms with Crippen LogP contribution in [0.25, 0.3) is 0 Å². The van der Waals surface area contributed by atoms with Gasteiger partial charge in [0.2, 0.25) is 5.91 Å². The summed E-state index contributed by atoms with van der Waals surface area (Å²) in [4.78, 5) is 17.9. The molecule has 0 bridgehead atoms. The molecular weight excluding hydrogens is 270 g/mol. The quantitative estimate of drug-likeness (QED) is 0.881. The van der Waals surface area contributed by atoms with E-state index in [9.17, 15) is 4.79 Å². The van der Waals surface area contributed by atoms with E-state index in [0.717, 1.165) is 23.2 Å². The summed E-state index contributed by atoms with van der Waals surface area (Å²) >= 11 is 1.56. The van der Waals surface area contributed by atoms with E-state index in [2.05, 4.69) is 15.6 Å². The van der Waals surface area contributed by atoms with Crippen LogP contribution < -0.4 is 10.6 Å². The second-order valence-electron chi connectivity index (χ2n) is 6.10. The van der Waals surface area contributed by atoms with E-state index in [-0.39, 0.29) is 11.9 Å². The molecule has 110 valence electrons. The first-order chi connectivity index (χ1) is 9.63. The molecule has 20 heavy (non-hydrogen) atoms. The van der Waals surface area contributed by atoms with Gasteiger partial charge in [-0.2, -0.15) is 0 Å². The number of rotatable bonds is 2. The van der Waals surface area contributed by atoms with Crippen LogP contribution in [-0.2, 0) is 4.79 Å². The van der Waals surface area contributed by atoms with Crippen LogP contribution in [-0.4, -0.2) is 23.0 Å².